The first kappa shape index (κ1) is 12.0. The maximum atomic E-state index is 12.9. The van der Waals surface area contributed by atoms with Gasteiger partial charge in [-0.15, -0.1) is 0 Å². The molecule has 1 aromatic rings. The molecule has 0 unspecified atom stereocenters. The number of hydrogen-bond acceptors (Lipinski definition) is 1. The van der Waals surface area contributed by atoms with Crippen LogP contribution in [0.1, 0.15) is 5.56 Å². The van der Waals surface area contributed by atoms with Crippen LogP contribution < -0.4 is 5.32 Å². The highest BCUT2D eigenvalue weighted by atomic mass is 79.9. The van der Waals surface area contributed by atoms with Gasteiger partial charge in [0.15, 0.2) is 0 Å². The molecule has 0 atom stereocenters. The summed E-state index contributed by atoms with van der Waals surface area (Å²) in [6.45, 7) is 1.51. The normalized spacial score (nSPS) is 10.5. The predicted molar refractivity (Wildman–Crippen MR) is 53.5 cm³/mol. The molecule has 2 nitrogen and oxygen atoms in total. The molecule has 1 N–H and O–H groups in total. The zero-order valence-electron chi connectivity index (χ0n) is 7.65. The topological polar surface area (TPSA) is 29.1 Å². The first-order valence-corrected chi connectivity index (χ1v) is 4.75. The molecular formula is C9H7BrF3NO. The Morgan fingerprint density at radius 2 is 2.07 bits per heavy atom. The number of alkyl halides is 2. The maximum Gasteiger partial charge on any atom is 0.315 e. The molecule has 1 rings (SSSR count). The first-order valence-electron chi connectivity index (χ1n) is 3.96. The van der Waals surface area contributed by atoms with Crippen molar-refractivity contribution in [3.05, 3.63) is 28.0 Å². The van der Waals surface area contributed by atoms with Gasteiger partial charge >= 0.3 is 6.43 Å². The number of aryl methyl sites for hydroxylation is 1. The molecule has 0 aromatic heterocycles. The third kappa shape index (κ3) is 2.95. The Morgan fingerprint density at radius 1 is 1.47 bits per heavy atom. The minimum atomic E-state index is -3.09. The van der Waals surface area contributed by atoms with Gasteiger partial charge in [0.1, 0.15) is 5.82 Å². The minimum Gasteiger partial charge on any atom is -0.321 e. The number of amides is 1. The molecule has 0 saturated carbocycles. The molecule has 0 aliphatic heterocycles. The fraction of sp³-hybridized carbons (Fsp3) is 0.222. The fourth-order valence-electron chi connectivity index (χ4n) is 0.968. The number of rotatable bonds is 2. The van der Waals surface area contributed by atoms with Crippen LogP contribution in [0, 0.1) is 12.7 Å². The summed E-state index contributed by atoms with van der Waals surface area (Å²) in [5, 5.41) is 1.99. The van der Waals surface area contributed by atoms with E-state index in [4.69, 9.17) is 0 Å². The Kier molecular flexibility index (Phi) is 3.73. The average molecular weight is 282 g/mol. The quantitative estimate of drug-likeness (QED) is 0.887. The summed E-state index contributed by atoms with van der Waals surface area (Å²) in [5.41, 5.74) is 0.540. The monoisotopic (exact) mass is 281 g/mol. The highest BCUT2D eigenvalue weighted by molar-refractivity contribution is 9.10. The summed E-state index contributed by atoms with van der Waals surface area (Å²) in [6.07, 6.45) is -3.09. The molecule has 0 aliphatic carbocycles. The summed E-state index contributed by atoms with van der Waals surface area (Å²) >= 11 is 2.89. The van der Waals surface area contributed by atoms with Crippen LogP contribution in [-0.4, -0.2) is 12.3 Å². The second kappa shape index (κ2) is 4.65. The van der Waals surface area contributed by atoms with Gasteiger partial charge in [0.25, 0.3) is 5.91 Å². The van der Waals surface area contributed by atoms with Gasteiger partial charge in [0.2, 0.25) is 0 Å². The lowest BCUT2D eigenvalue weighted by Crippen LogP contribution is -2.20. The molecule has 0 fully saturated rings. The fourth-order valence-corrected chi connectivity index (χ4v) is 1.31. The van der Waals surface area contributed by atoms with E-state index in [2.05, 4.69) is 15.9 Å². The van der Waals surface area contributed by atoms with Gasteiger partial charge in [-0.25, -0.2) is 4.39 Å². The Balaban J connectivity index is 2.96. The molecule has 82 valence electrons. The number of carbonyl (C=O) groups excluding carboxylic acids is 1. The van der Waals surface area contributed by atoms with Gasteiger partial charge in [-0.3, -0.25) is 4.79 Å². The van der Waals surface area contributed by atoms with Gasteiger partial charge in [0.05, 0.1) is 4.47 Å². The molecule has 1 aromatic carbocycles. The van der Waals surface area contributed by atoms with E-state index < -0.39 is 18.1 Å². The molecule has 15 heavy (non-hydrogen) atoms. The van der Waals surface area contributed by atoms with Crippen molar-refractivity contribution in [3.8, 4) is 0 Å². The number of anilines is 1. The summed E-state index contributed by atoms with van der Waals surface area (Å²) in [4.78, 5) is 10.7. The minimum absolute atomic E-state index is 0.109. The lowest BCUT2D eigenvalue weighted by Gasteiger charge is -2.08. The molecule has 0 heterocycles. The van der Waals surface area contributed by atoms with Crippen molar-refractivity contribution in [2.75, 3.05) is 5.32 Å². The largest absolute Gasteiger partial charge is 0.321 e. The van der Waals surface area contributed by atoms with Crippen LogP contribution in [0.4, 0.5) is 18.9 Å². The van der Waals surface area contributed by atoms with E-state index in [1.165, 1.54) is 13.0 Å². The van der Waals surface area contributed by atoms with E-state index in [1.54, 1.807) is 0 Å². The smallest absolute Gasteiger partial charge is 0.315 e. The Labute approximate surface area is 92.6 Å². The van der Waals surface area contributed by atoms with Gasteiger partial charge in [-0.1, -0.05) is 0 Å². The molecule has 0 radical (unpaired) electrons. The number of carbonyl (C=O) groups is 1. The van der Waals surface area contributed by atoms with Gasteiger partial charge in [-0.2, -0.15) is 8.78 Å². The Bertz CT molecular complexity index is 395. The van der Waals surface area contributed by atoms with Crippen molar-refractivity contribution in [1.29, 1.82) is 0 Å². The van der Waals surface area contributed by atoms with Crippen molar-refractivity contribution in [1.82, 2.24) is 0 Å². The van der Waals surface area contributed by atoms with Crippen LogP contribution in [0.2, 0.25) is 0 Å². The van der Waals surface area contributed by atoms with Crippen molar-refractivity contribution < 1.29 is 18.0 Å². The van der Waals surface area contributed by atoms with Crippen molar-refractivity contribution >= 4 is 27.5 Å². The molecule has 0 saturated heterocycles. The molecule has 1 amide bonds. The molecule has 0 bridgehead atoms. The van der Waals surface area contributed by atoms with E-state index in [0.29, 0.717) is 5.56 Å². The van der Waals surface area contributed by atoms with E-state index >= 15 is 0 Å². The van der Waals surface area contributed by atoms with Crippen LogP contribution >= 0.6 is 15.9 Å². The first-order chi connectivity index (χ1) is 6.91. The average Bonchev–Trinajstić information content (AvgIpc) is 2.13. The Hall–Kier alpha value is -1.04. The van der Waals surface area contributed by atoms with E-state index in [1.807, 2.05) is 5.32 Å². The van der Waals surface area contributed by atoms with Crippen molar-refractivity contribution in [3.63, 3.8) is 0 Å². The molecule has 0 spiro atoms. The highest BCUT2D eigenvalue weighted by Gasteiger charge is 2.16. The third-order valence-corrected chi connectivity index (χ3v) is 2.33. The molecule has 0 aliphatic rings. The SMILES string of the molecule is Cc1cc(F)c(Br)cc1NC(=O)C(F)F. The number of halogens is 4. The standard InChI is InChI=1S/C9H7BrF3NO/c1-4-2-6(11)5(10)3-7(4)14-9(15)8(12)13/h2-3,8H,1H3,(H,14,15). The number of nitrogens with one attached hydrogen (secondary N) is 1. The zero-order valence-corrected chi connectivity index (χ0v) is 9.24. The number of benzene rings is 1. The van der Waals surface area contributed by atoms with Crippen LogP contribution in [-0.2, 0) is 4.79 Å². The van der Waals surface area contributed by atoms with Crippen LogP contribution in [0.15, 0.2) is 16.6 Å². The third-order valence-electron chi connectivity index (χ3n) is 1.72. The zero-order chi connectivity index (χ0) is 11.6. The van der Waals surface area contributed by atoms with Crippen LogP contribution in [0.25, 0.3) is 0 Å². The lowest BCUT2D eigenvalue weighted by atomic mass is 10.2. The second-order valence-electron chi connectivity index (χ2n) is 2.87. The van der Waals surface area contributed by atoms with Crippen LogP contribution in [0.3, 0.4) is 0 Å². The Morgan fingerprint density at radius 3 is 2.60 bits per heavy atom. The number of hydrogen-bond donors (Lipinski definition) is 1. The maximum absolute atomic E-state index is 12.9. The summed E-state index contributed by atoms with van der Waals surface area (Å²) in [5.74, 6) is -1.92. The van der Waals surface area contributed by atoms with E-state index in [0.717, 1.165) is 6.07 Å². The van der Waals surface area contributed by atoms with Crippen molar-refractivity contribution in [2.24, 2.45) is 0 Å². The van der Waals surface area contributed by atoms with E-state index in [9.17, 15) is 18.0 Å². The summed E-state index contributed by atoms with van der Waals surface area (Å²) in [7, 11) is 0. The van der Waals surface area contributed by atoms with E-state index in [-0.39, 0.29) is 10.2 Å². The molecule has 6 heteroatoms. The predicted octanol–water partition coefficient (Wildman–Crippen LogP) is 3.10. The molecular weight excluding hydrogens is 275 g/mol. The van der Waals surface area contributed by atoms with Gasteiger partial charge in [0, 0.05) is 5.69 Å². The van der Waals surface area contributed by atoms with Gasteiger partial charge in [-0.05, 0) is 40.5 Å². The summed E-state index contributed by atoms with van der Waals surface area (Å²) in [6, 6.07) is 2.39. The van der Waals surface area contributed by atoms with Gasteiger partial charge < -0.3 is 5.32 Å². The van der Waals surface area contributed by atoms with Crippen LogP contribution in [0.5, 0.6) is 0 Å². The summed E-state index contributed by atoms with van der Waals surface area (Å²) < 4.78 is 36.9. The van der Waals surface area contributed by atoms with Crippen molar-refractivity contribution in [2.45, 2.75) is 13.3 Å². The second-order valence-corrected chi connectivity index (χ2v) is 3.73. The highest BCUT2D eigenvalue weighted by Crippen LogP contribution is 2.24. The lowest BCUT2D eigenvalue weighted by molar-refractivity contribution is -0.126.